The average molecular weight is 157 g/mol. The van der Waals surface area contributed by atoms with Crippen molar-refractivity contribution in [2.75, 3.05) is 7.05 Å². The third-order valence-corrected chi connectivity index (χ3v) is 2.64. The molecule has 1 rings (SSSR count). The standard InChI is InChI=1S/C8H15NO2/c1-3-6(9-2)8(4-5-8)7(10)11/h6,9H,3-5H2,1-2H3,(H,10,11). The quantitative estimate of drug-likeness (QED) is 0.636. The van der Waals surface area contributed by atoms with Gasteiger partial charge in [-0.25, -0.2) is 0 Å². The zero-order valence-electron chi connectivity index (χ0n) is 7.05. The van der Waals surface area contributed by atoms with E-state index < -0.39 is 11.4 Å². The van der Waals surface area contributed by atoms with Crippen molar-refractivity contribution in [1.29, 1.82) is 0 Å². The van der Waals surface area contributed by atoms with Crippen LogP contribution < -0.4 is 5.32 Å². The second-order valence-corrected chi connectivity index (χ2v) is 3.21. The first kappa shape index (κ1) is 8.53. The predicted molar refractivity (Wildman–Crippen MR) is 42.4 cm³/mol. The average Bonchev–Trinajstić information content (AvgIpc) is 2.71. The minimum absolute atomic E-state index is 0.153. The van der Waals surface area contributed by atoms with E-state index in [0.717, 1.165) is 19.3 Å². The molecular formula is C8H15NO2. The number of aliphatic carboxylic acids is 1. The van der Waals surface area contributed by atoms with Gasteiger partial charge in [-0.15, -0.1) is 0 Å². The molecule has 0 radical (unpaired) electrons. The lowest BCUT2D eigenvalue weighted by atomic mass is 9.95. The molecule has 0 saturated heterocycles. The summed E-state index contributed by atoms with van der Waals surface area (Å²) in [5.41, 5.74) is -0.427. The van der Waals surface area contributed by atoms with Crippen LogP contribution in [0.1, 0.15) is 26.2 Å². The lowest BCUT2D eigenvalue weighted by Gasteiger charge is -2.20. The van der Waals surface area contributed by atoms with Gasteiger partial charge in [0.05, 0.1) is 5.41 Å². The van der Waals surface area contributed by atoms with Crippen molar-refractivity contribution in [2.45, 2.75) is 32.2 Å². The van der Waals surface area contributed by atoms with Gasteiger partial charge in [-0.1, -0.05) is 6.92 Å². The Kier molecular flexibility index (Phi) is 2.18. The Balaban J connectivity index is 2.63. The number of nitrogens with one attached hydrogen (secondary N) is 1. The smallest absolute Gasteiger partial charge is 0.311 e. The Morgan fingerprint density at radius 2 is 2.27 bits per heavy atom. The molecule has 3 nitrogen and oxygen atoms in total. The molecule has 0 bridgehead atoms. The van der Waals surface area contributed by atoms with Crippen molar-refractivity contribution in [3.8, 4) is 0 Å². The molecule has 1 saturated carbocycles. The molecule has 1 fully saturated rings. The lowest BCUT2D eigenvalue weighted by Crippen LogP contribution is -2.39. The molecular weight excluding hydrogens is 142 g/mol. The van der Waals surface area contributed by atoms with Gasteiger partial charge in [-0.3, -0.25) is 4.79 Å². The molecule has 0 amide bonds. The molecule has 1 atom stereocenters. The molecule has 64 valence electrons. The number of hydrogen-bond donors (Lipinski definition) is 2. The summed E-state index contributed by atoms with van der Waals surface area (Å²) < 4.78 is 0. The topological polar surface area (TPSA) is 49.3 Å². The highest BCUT2D eigenvalue weighted by molar-refractivity contribution is 5.78. The number of carboxylic acids is 1. The molecule has 0 aromatic rings. The van der Waals surface area contributed by atoms with Gasteiger partial charge in [0.1, 0.15) is 0 Å². The predicted octanol–water partition coefficient (Wildman–Crippen LogP) is 0.849. The minimum atomic E-state index is -0.640. The first-order valence-electron chi connectivity index (χ1n) is 4.08. The van der Waals surface area contributed by atoms with Crippen LogP contribution in [0.5, 0.6) is 0 Å². The maximum atomic E-state index is 10.8. The molecule has 0 aromatic carbocycles. The highest BCUT2D eigenvalue weighted by atomic mass is 16.4. The van der Waals surface area contributed by atoms with Gasteiger partial charge >= 0.3 is 5.97 Å². The van der Waals surface area contributed by atoms with Gasteiger partial charge in [0.25, 0.3) is 0 Å². The van der Waals surface area contributed by atoms with Gasteiger partial charge < -0.3 is 10.4 Å². The normalized spacial score (nSPS) is 22.7. The van der Waals surface area contributed by atoms with Gasteiger partial charge in [-0.05, 0) is 26.3 Å². The van der Waals surface area contributed by atoms with Crippen LogP contribution in [-0.4, -0.2) is 24.2 Å². The van der Waals surface area contributed by atoms with E-state index in [0.29, 0.717) is 0 Å². The largest absolute Gasteiger partial charge is 0.481 e. The molecule has 1 aliphatic rings. The second kappa shape index (κ2) is 2.81. The second-order valence-electron chi connectivity index (χ2n) is 3.21. The highest BCUT2D eigenvalue weighted by Gasteiger charge is 2.54. The summed E-state index contributed by atoms with van der Waals surface area (Å²) in [6.45, 7) is 2.02. The summed E-state index contributed by atoms with van der Waals surface area (Å²) in [6.07, 6.45) is 2.56. The van der Waals surface area contributed by atoms with Crippen LogP contribution in [0.4, 0.5) is 0 Å². The van der Waals surface area contributed by atoms with Crippen molar-refractivity contribution in [1.82, 2.24) is 5.32 Å². The van der Waals surface area contributed by atoms with Gasteiger partial charge in [0.15, 0.2) is 0 Å². The van der Waals surface area contributed by atoms with E-state index in [-0.39, 0.29) is 6.04 Å². The van der Waals surface area contributed by atoms with Crippen LogP contribution in [0.25, 0.3) is 0 Å². The van der Waals surface area contributed by atoms with E-state index in [1.807, 2.05) is 14.0 Å². The van der Waals surface area contributed by atoms with Crippen LogP contribution in [0.2, 0.25) is 0 Å². The van der Waals surface area contributed by atoms with Crippen molar-refractivity contribution in [3.05, 3.63) is 0 Å². The fourth-order valence-electron chi connectivity index (χ4n) is 1.72. The number of rotatable bonds is 4. The van der Waals surface area contributed by atoms with E-state index in [1.165, 1.54) is 0 Å². The van der Waals surface area contributed by atoms with Crippen molar-refractivity contribution >= 4 is 5.97 Å². The number of hydrogen-bond acceptors (Lipinski definition) is 2. The number of carbonyl (C=O) groups is 1. The molecule has 0 heterocycles. The summed E-state index contributed by atoms with van der Waals surface area (Å²) in [5.74, 6) is -0.640. The van der Waals surface area contributed by atoms with E-state index in [2.05, 4.69) is 5.32 Å². The van der Waals surface area contributed by atoms with E-state index >= 15 is 0 Å². The Bertz CT molecular complexity index is 159. The summed E-state index contributed by atoms with van der Waals surface area (Å²) in [7, 11) is 1.83. The molecule has 1 aliphatic carbocycles. The zero-order chi connectivity index (χ0) is 8.48. The van der Waals surface area contributed by atoms with Crippen LogP contribution in [-0.2, 0) is 4.79 Å². The third kappa shape index (κ3) is 1.25. The molecule has 11 heavy (non-hydrogen) atoms. The first-order chi connectivity index (χ1) is 5.17. The summed E-state index contributed by atoms with van der Waals surface area (Å²) in [4.78, 5) is 10.8. The van der Waals surface area contributed by atoms with E-state index in [9.17, 15) is 4.79 Å². The molecule has 0 spiro atoms. The van der Waals surface area contributed by atoms with Crippen molar-refractivity contribution in [2.24, 2.45) is 5.41 Å². The molecule has 0 aliphatic heterocycles. The lowest BCUT2D eigenvalue weighted by molar-refractivity contribution is -0.144. The van der Waals surface area contributed by atoms with Gasteiger partial charge in [0, 0.05) is 6.04 Å². The third-order valence-electron chi connectivity index (χ3n) is 2.64. The monoisotopic (exact) mass is 157 g/mol. The maximum absolute atomic E-state index is 10.8. The molecule has 2 N–H and O–H groups in total. The summed E-state index contributed by atoms with van der Waals surface area (Å²) >= 11 is 0. The van der Waals surface area contributed by atoms with Crippen LogP contribution >= 0.6 is 0 Å². The van der Waals surface area contributed by atoms with Crippen LogP contribution in [0.15, 0.2) is 0 Å². The zero-order valence-corrected chi connectivity index (χ0v) is 7.05. The molecule has 3 heteroatoms. The maximum Gasteiger partial charge on any atom is 0.311 e. The van der Waals surface area contributed by atoms with Crippen molar-refractivity contribution < 1.29 is 9.90 Å². The SMILES string of the molecule is CCC(NC)C1(C(=O)O)CC1. The summed E-state index contributed by atoms with van der Waals surface area (Å²) in [5, 5.41) is 12.0. The van der Waals surface area contributed by atoms with E-state index in [4.69, 9.17) is 5.11 Å². The van der Waals surface area contributed by atoms with Crippen LogP contribution in [0.3, 0.4) is 0 Å². The Morgan fingerprint density at radius 3 is 2.36 bits per heavy atom. The fraction of sp³-hybridized carbons (Fsp3) is 0.875. The minimum Gasteiger partial charge on any atom is -0.481 e. The van der Waals surface area contributed by atoms with Crippen molar-refractivity contribution in [3.63, 3.8) is 0 Å². The fourth-order valence-corrected chi connectivity index (χ4v) is 1.72. The Labute approximate surface area is 66.8 Å². The van der Waals surface area contributed by atoms with Crippen LogP contribution in [0, 0.1) is 5.41 Å². The Morgan fingerprint density at radius 1 is 1.73 bits per heavy atom. The Hall–Kier alpha value is -0.570. The molecule has 0 aromatic heterocycles. The molecule has 1 unspecified atom stereocenters. The summed E-state index contributed by atoms with van der Waals surface area (Å²) in [6, 6.07) is 0.153. The number of carboxylic acid groups (broad SMARTS) is 1. The highest BCUT2D eigenvalue weighted by Crippen LogP contribution is 2.49. The van der Waals surface area contributed by atoms with E-state index in [1.54, 1.807) is 0 Å². The first-order valence-corrected chi connectivity index (χ1v) is 4.08. The van der Waals surface area contributed by atoms with Gasteiger partial charge in [0.2, 0.25) is 0 Å². The van der Waals surface area contributed by atoms with Gasteiger partial charge in [-0.2, -0.15) is 0 Å².